The van der Waals surface area contributed by atoms with Crippen molar-refractivity contribution < 1.29 is 0 Å². The van der Waals surface area contributed by atoms with Crippen LogP contribution in [0.5, 0.6) is 0 Å². The van der Waals surface area contributed by atoms with Crippen LogP contribution < -0.4 is 0 Å². The molecule has 4 nitrogen and oxygen atoms in total. The van der Waals surface area contributed by atoms with Gasteiger partial charge in [-0.2, -0.15) is 0 Å². The van der Waals surface area contributed by atoms with Gasteiger partial charge in [-0.15, -0.1) is 10.2 Å². The maximum atomic E-state index is 4.21. The monoisotopic (exact) mass is 236 g/mol. The quantitative estimate of drug-likeness (QED) is 0.785. The van der Waals surface area contributed by atoms with Gasteiger partial charge in [0.1, 0.15) is 11.6 Å². The fourth-order valence-electron chi connectivity index (χ4n) is 2.61. The van der Waals surface area contributed by atoms with Crippen molar-refractivity contribution in [2.45, 2.75) is 45.6 Å². The van der Waals surface area contributed by atoms with Crippen molar-refractivity contribution in [1.29, 1.82) is 0 Å². The number of rotatable bonds is 5. The van der Waals surface area contributed by atoms with E-state index >= 15 is 0 Å². The Morgan fingerprint density at radius 2 is 2.00 bits per heavy atom. The fourth-order valence-corrected chi connectivity index (χ4v) is 2.61. The number of hydrogen-bond donors (Lipinski definition) is 0. The highest BCUT2D eigenvalue weighted by Gasteiger charge is 2.16. The van der Waals surface area contributed by atoms with E-state index in [0.717, 1.165) is 24.1 Å². The molecule has 2 rings (SSSR count). The van der Waals surface area contributed by atoms with Crippen LogP contribution in [0.4, 0.5) is 0 Å². The summed E-state index contributed by atoms with van der Waals surface area (Å²) in [6.07, 6.45) is 7.11. The lowest BCUT2D eigenvalue weighted by atomic mass is 10.0. The minimum absolute atomic E-state index is 0.907. The summed E-state index contributed by atoms with van der Waals surface area (Å²) < 4.78 is 2.08. The predicted molar refractivity (Wildman–Crippen MR) is 68.6 cm³/mol. The SMILES string of the molecule is Cc1nnc(CN(C)CCC2CCCC2)n1C. The van der Waals surface area contributed by atoms with Crippen LogP contribution >= 0.6 is 0 Å². The smallest absolute Gasteiger partial charge is 0.146 e. The van der Waals surface area contributed by atoms with Crippen LogP contribution in [0.3, 0.4) is 0 Å². The van der Waals surface area contributed by atoms with E-state index in [1.165, 1.54) is 38.6 Å². The Morgan fingerprint density at radius 1 is 1.29 bits per heavy atom. The Morgan fingerprint density at radius 3 is 2.59 bits per heavy atom. The van der Waals surface area contributed by atoms with Crippen molar-refractivity contribution in [1.82, 2.24) is 19.7 Å². The topological polar surface area (TPSA) is 34.0 Å². The molecule has 1 saturated carbocycles. The van der Waals surface area contributed by atoms with Gasteiger partial charge in [0.05, 0.1) is 6.54 Å². The molecule has 1 fully saturated rings. The summed E-state index contributed by atoms with van der Waals surface area (Å²) in [5, 5.41) is 8.30. The van der Waals surface area contributed by atoms with Crippen molar-refractivity contribution >= 4 is 0 Å². The molecule has 1 aromatic rings. The zero-order valence-electron chi connectivity index (χ0n) is 11.3. The van der Waals surface area contributed by atoms with Gasteiger partial charge < -0.3 is 4.57 Å². The maximum Gasteiger partial charge on any atom is 0.146 e. The zero-order valence-corrected chi connectivity index (χ0v) is 11.3. The lowest BCUT2D eigenvalue weighted by Crippen LogP contribution is -2.22. The third-order valence-corrected chi connectivity index (χ3v) is 3.99. The van der Waals surface area contributed by atoms with Crippen LogP contribution in [0.2, 0.25) is 0 Å². The van der Waals surface area contributed by atoms with E-state index in [-0.39, 0.29) is 0 Å². The number of aryl methyl sites for hydroxylation is 1. The molecule has 0 saturated heterocycles. The molecule has 1 aliphatic carbocycles. The minimum atomic E-state index is 0.907. The number of nitrogens with zero attached hydrogens (tertiary/aromatic N) is 4. The van der Waals surface area contributed by atoms with E-state index in [0.29, 0.717) is 0 Å². The van der Waals surface area contributed by atoms with E-state index in [2.05, 4.69) is 26.7 Å². The summed E-state index contributed by atoms with van der Waals surface area (Å²) in [5.41, 5.74) is 0. The first kappa shape index (κ1) is 12.6. The molecule has 0 spiro atoms. The second-order valence-electron chi connectivity index (χ2n) is 5.40. The Kier molecular flexibility index (Phi) is 4.15. The Labute approximate surface area is 104 Å². The van der Waals surface area contributed by atoms with Crippen LogP contribution in [0.15, 0.2) is 0 Å². The van der Waals surface area contributed by atoms with Crippen molar-refractivity contribution in [3.05, 3.63) is 11.6 Å². The first-order chi connectivity index (χ1) is 8.16. The summed E-state index contributed by atoms with van der Waals surface area (Å²) in [4.78, 5) is 2.36. The Balaban J connectivity index is 1.76. The first-order valence-electron chi connectivity index (χ1n) is 6.70. The van der Waals surface area contributed by atoms with Crippen LogP contribution in [0.25, 0.3) is 0 Å². The highest BCUT2D eigenvalue weighted by atomic mass is 15.3. The molecular weight excluding hydrogens is 212 g/mol. The summed E-state index contributed by atoms with van der Waals surface area (Å²) in [5.74, 6) is 3.03. The van der Waals surface area contributed by atoms with Gasteiger partial charge in [-0.25, -0.2) is 0 Å². The predicted octanol–water partition coefficient (Wildman–Crippen LogP) is 2.14. The highest BCUT2D eigenvalue weighted by Crippen LogP contribution is 2.27. The van der Waals surface area contributed by atoms with E-state index in [9.17, 15) is 0 Å². The normalized spacial score (nSPS) is 17.2. The number of aromatic nitrogens is 3. The van der Waals surface area contributed by atoms with Crippen LogP contribution in [-0.4, -0.2) is 33.3 Å². The largest absolute Gasteiger partial charge is 0.317 e. The third-order valence-electron chi connectivity index (χ3n) is 3.99. The fraction of sp³-hybridized carbons (Fsp3) is 0.846. The maximum absolute atomic E-state index is 4.21. The molecule has 17 heavy (non-hydrogen) atoms. The van der Waals surface area contributed by atoms with Crippen molar-refractivity contribution in [3.63, 3.8) is 0 Å². The average molecular weight is 236 g/mol. The summed E-state index contributed by atoms with van der Waals surface area (Å²) in [6, 6.07) is 0. The van der Waals surface area contributed by atoms with Crippen LogP contribution in [0, 0.1) is 12.8 Å². The molecule has 4 heteroatoms. The standard InChI is InChI=1S/C13H24N4/c1-11-14-15-13(17(11)3)10-16(2)9-8-12-6-4-5-7-12/h12H,4-10H2,1-3H3. The van der Waals surface area contributed by atoms with E-state index < -0.39 is 0 Å². The van der Waals surface area contributed by atoms with Gasteiger partial charge in [0.15, 0.2) is 0 Å². The lowest BCUT2D eigenvalue weighted by molar-refractivity contribution is 0.284. The second-order valence-corrected chi connectivity index (χ2v) is 5.40. The molecule has 0 unspecified atom stereocenters. The van der Waals surface area contributed by atoms with E-state index in [1.807, 2.05) is 14.0 Å². The van der Waals surface area contributed by atoms with Gasteiger partial charge in [0, 0.05) is 7.05 Å². The Hall–Kier alpha value is -0.900. The van der Waals surface area contributed by atoms with Crippen LogP contribution in [0.1, 0.15) is 43.8 Å². The first-order valence-corrected chi connectivity index (χ1v) is 6.70. The molecule has 0 aliphatic heterocycles. The Bertz CT molecular complexity index is 352. The van der Waals surface area contributed by atoms with Gasteiger partial charge in [-0.3, -0.25) is 4.90 Å². The molecule has 0 amide bonds. The summed E-state index contributed by atoms with van der Waals surface area (Å²) in [7, 11) is 4.22. The van der Waals surface area contributed by atoms with Gasteiger partial charge >= 0.3 is 0 Å². The minimum Gasteiger partial charge on any atom is -0.317 e. The molecule has 1 heterocycles. The third kappa shape index (κ3) is 3.28. The van der Waals surface area contributed by atoms with E-state index in [4.69, 9.17) is 0 Å². The molecule has 1 aliphatic rings. The second kappa shape index (κ2) is 5.63. The van der Waals surface area contributed by atoms with Crippen molar-refractivity contribution in [2.24, 2.45) is 13.0 Å². The molecule has 96 valence electrons. The molecule has 0 radical (unpaired) electrons. The van der Waals surface area contributed by atoms with Crippen molar-refractivity contribution in [2.75, 3.05) is 13.6 Å². The van der Waals surface area contributed by atoms with E-state index in [1.54, 1.807) is 0 Å². The van der Waals surface area contributed by atoms with Crippen molar-refractivity contribution in [3.8, 4) is 0 Å². The number of hydrogen-bond acceptors (Lipinski definition) is 3. The van der Waals surface area contributed by atoms with Gasteiger partial charge in [-0.05, 0) is 32.9 Å². The molecule has 0 atom stereocenters. The molecule has 0 aromatic carbocycles. The zero-order chi connectivity index (χ0) is 12.3. The molecule has 0 bridgehead atoms. The molecular formula is C13H24N4. The molecule has 1 aromatic heterocycles. The van der Waals surface area contributed by atoms with Gasteiger partial charge in [0.2, 0.25) is 0 Å². The van der Waals surface area contributed by atoms with Gasteiger partial charge in [0.25, 0.3) is 0 Å². The lowest BCUT2D eigenvalue weighted by Gasteiger charge is -2.18. The summed E-state index contributed by atoms with van der Waals surface area (Å²) >= 11 is 0. The van der Waals surface area contributed by atoms with Gasteiger partial charge in [-0.1, -0.05) is 25.7 Å². The average Bonchev–Trinajstić information content (AvgIpc) is 2.92. The summed E-state index contributed by atoms with van der Waals surface area (Å²) in [6.45, 7) is 4.08. The molecule has 0 N–H and O–H groups in total. The highest BCUT2D eigenvalue weighted by molar-refractivity contribution is 4.92. The van der Waals surface area contributed by atoms with Crippen LogP contribution in [-0.2, 0) is 13.6 Å².